The molecule has 0 spiro atoms. The Morgan fingerprint density at radius 2 is 2.29 bits per heavy atom. The predicted molar refractivity (Wildman–Crippen MR) is 50.1 cm³/mol. The van der Waals surface area contributed by atoms with Crippen LogP contribution in [0.25, 0.3) is 0 Å². The molecule has 2 N–H and O–H groups in total. The molecule has 0 aliphatic carbocycles. The second kappa shape index (κ2) is 4.13. The van der Waals surface area contributed by atoms with Gasteiger partial charge in [0.25, 0.3) is 5.69 Å². The zero-order chi connectivity index (χ0) is 10.6. The number of benzene rings is 1. The number of hydrazone groups is 1. The molecule has 0 unspecified atom stereocenters. The summed E-state index contributed by atoms with van der Waals surface area (Å²) in [5.41, 5.74) is 0.0506. The van der Waals surface area contributed by atoms with Crippen molar-refractivity contribution in [3.8, 4) is 0 Å². The molecule has 0 saturated carbocycles. The minimum absolute atomic E-state index is 0.138. The van der Waals surface area contributed by atoms with Crippen LogP contribution in [0.1, 0.15) is 10.4 Å². The summed E-state index contributed by atoms with van der Waals surface area (Å²) in [4.78, 5) is 21.0. The van der Waals surface area contributed by atoms with Gasteiger partial charge < -0.3 is 5.84 Å². The SMILES string of the molecule is N/N=C/C(=O)c1cccc([N+](=O)[O-])c1. The zero-order valence-electron chi connectivity index (χ0n) is 7.08. The van der Waals surface area contributed by atoms with E-state index >= 15 is 0 Å². The van der Waals surface area contributed by atoms with Gasteiger partial charge in [-0.15, -0.1) is 0 Å². The lowest BCUT2D eigenvalue weighted by Gasteiger charge is -1.94. The highest BCUT2D eigenvalue weighted by atomic mass is 16.6. The number of nitrogens with zero attached hydrogens (tertiary/aromatic N) is 2. The summed E-state index contributed by atoms with van der Waals surface area (Å²) in [6.45, 7) is 0. The first-order chi connectivity index (χ1) is 6.65. The van der Waals surface area contributed by atoms with E-state index in [0.717, 1.165) is 6.21 Å². The molecule has 0 bridgehead atoms. The largest absolute Gasteiger partial charge is 0.323 e. The molecule has 0 aromatic heterocycles. The molecule has 0 saturated heterocycles. The van der Waals surface area contributed by atoms with Gasteiger partial charge in [-0.3, -0.25) is 14.9 Å². The second-order valence-corrected chi connectivity index (χ2v) is 2.45. The third-order valence-corrected chi connectivity index (χ3v) is 1.53. The fraction of sp³-hybridized carbons (Fsp3) is 0. The van der Waals surface area contributed by atoms with Crippen LogP contribution in [0.2, 0.25) is 0 Å². The van der Waals surface area contributed by atoms with E-state index in [1.54, 1.807) is 0 Å². The molecule has 6 nitrogen and oxygen atoms in total. The first kappa shape index (κ1) is 9.85. The van der Waals surface area contributed by atoms with E-state index < -0.39 is 10.7 Å². The quantitative estimate of drug-likeness (QED) is 0.251. The molecule has 1 aromatic rings. The van der Waals surface area contributed by atoms with Crippen LogP contribution >= 0.6 is 0 Å². The number of Topliss-reactive ketones (excluding diaryl/α,β-unsaturated/α-hetero) is 1. The van der Waals surface area contributed by atoms with E-state index in [9.17, 15) is 14.9 Å². The number of hydrogen-bond donors (Lipinski definition) is 1. The number of non-ortho nitro benzene ring substituents is 1. The van der Waals surface area contributed by atoms with Gasteiger partial charge in [0.05, 0.1) is 11.1 Å². The maximum absolute atomic E-state index is 11.2. The third kappa shape index (κ3) is 2.13. The Morgan fingerprint density at radius 1 is 1.57 bits per heavy atom. The lowest BCUT2D eigenvalue weighted by atomic mass is 10.1. The number of nitrogens with two attached hydrogens (primary N) is 1. The van der Waals surface area contributed by atoms with Gasteiger partial charge in [0.1, 0.15) is 0 Å². The zero-order valence-corrected chi connectivity index (χ0v) is 7.08. The Kier molecular flexibility index (Phi) is 2.90. The molecule has 0 aliphatic heterocycles. The lowest BCUT2D eigenvalue weighted by molar-refractivity contribution is -0.384. The van der Waals surface area contributed by atoms with Gasteiger partial charge in [-0.2, -0.15) is 5.10 Å². The van der Waals surface area contributed by atoms with Crippen molar-refractivity contribution in [1.82, 2.24) is 0 Å². The van der Waals surface area contributed by atoms with Crippen LogP contribution in [0.3, 0.4) is 0 Å². The van der Waals surface area contributed by atoms with Crippen molar-refractivity contribution in [2.45, 2.75) is 0 Å². The Balaban J connectivity index is 3.05. The van der Waals surface area contributed by atoms with Crippen LogP contribution in [-0.2, 0) is 0 Å². The van der Waals surface area contributed by atoms with E-state index in [1.807, 2.05) is 0 Å². The third-order valence-electron chi connectivity index (χ3n) is 1.53. The van der Waals surface area contributed by atoms with Gasteiger partial charge in [-0.05, 0) is 0 Å². The molecule has 6 heteroatoms. The Labute approximate surface area is 79.2 Å². The normalized spacial score (nSPS) is 10.3. The molecule has 0 amide bonds. The predicted octanol–water partition coefficient (Wildman–Crippen LogP) is 0.722. The first-order valence-electron chi connectivity index (χ1n) is 3.67. The molecular weight excluding hydrogens is 186 g/mol. The van der Waals surface area contributed by atoms with Crippen LogP contribution in [0.15, 0.2) is 29.4 Å². The van der Waals surface area contributed by atoms with E-state index in [-0.39, 0.29) is 11.3 Å². The van der Waals surface area contributed by atoms with Gasteiger partial charge in [-0.1, -0.05) is 12.1 Å². The van der Waals surface area contributed by atoms with Crippen molar-refractivity contribution in [2.75, 3.05) is 0 Å². The number of carbonyl (C=O) groups excluding carboxylic acids is 1. The van der Waals surface area contributed by atoms with E-state index in [4.69, 9.17) is 5.84 Å². The standard InChI is InChI=1S/C8H7N3O3/c9-10-5-8(12)6-2-1-3-7(4-6)11(13)14/h1-5H,9H2/b10-5+. The highest BCUT2D eigenvalue weighted by molar-refractivity contribution is 6.35. The molecule has 0 heterocycles. The molecule has 1 aromatic carbocycles. The Bertz CT molecular complexity index is 401. The molecule has 0 aliphatic rings. The Morgan fingerprint density at radius 3 is 2.86 bits per heavy atom. The van der Waals surface area contributed by atoms with Gasteiger partial charge in [-0.25, -0.2) is 0 Å². The highest BCUT2D eigenvalue weighted by Gasteiger charge is 2.09. The summed E-state index contributed by atoms with van der Waals surface area (Å²) in [6, 6.07) is 5.35. The average Bonchev–Trinajstić information content (AvgIpc) is 2.18. The lowest BCUT2D eigenvalue weighted by Crippen LogP contribution is -2.02. The van der Waals surface area contributed by atoms with Crippen molar-refractivity contribution in [2.24, 2.45) is 10.9 Å². The van der Waals surface area contributed by atoms with Gasteiger partial charge in [0.15, 0.2) is 0 Å². The first-order valence-corrected chi connectivity index (χ1v) is 3.67. The fourth-order valence-corrected chi connectivity index (χ4v) is 0.915. The highest BCUT2D eigenvalue weighted by Crippen LogP contribution is 2.12. The van der Waals surface area contributed by atoms with Crippen molar-refractivity contribution in [3.63, 3.8) is 0 Å². The number of nitro groups is 1. The summed E-state index contributed by atoms with van der Waals surface area (Å²) in [5.74, 6) is 4.32. The van der Waals surface area contributed by atoms with Crippen LogP contribution in [0.4, 0.5) is 5.69 Å². The second-order valence-electron chi connectivity index (χ2n) is 2.45. The van der Waals surface area contributed by atoms with Crippen LogP contribution < -0.4 is 5.84 Å². The minimum Gasteiger partial charge on any atom is -0.323 e. The van der Waals surface area contributed by atoms with Crippen LogP contribution in [0, 0.1) is 10.1 Å². The summed E-state index contributed by atoms with van der Waals surface area (Å²) >= 11 is 0. The molecule has 72 valence electrons. The van der Waals surface area contributed by atoms with E-state index in [1.165, 1.54) is 24.3 Å². The monoisotopic (exact) mass is 193 g/mol. The van der Waals surface area contributed by atoms with Crippen molar-refractivity contribution in [3.05, 3.63) is 39.9 Å². The van der Waals surface area contributed by atoms with Crippen molar-refractivity contribution in [1.29, 1.82) is 0 Å². The molecule has 0 atom stereocenters. The smallest absolute Gasteiger partial charge is 0.270 e. The van der Waals surface area contributed by atoms with Gasteiger partial charge >= 0.3 is 0 Å². The molecule has 0 fully saturated rings. The van der Waals surface area contributed by atoms with Crippen molar-refractivity contribution < 1.29 is 9.72 Å². The minimum atomic E-state index is -0.573. The van der Waals surface area contributed by atoms with E-state index in [2.05, 4.69) is 5.10 Å². The summed E-state index contributed by atoms with van der Waals surface area (Å²) in [6.07, 6.45) is 0.902. The van der Waals surface area contributed by atoms with Gasteiger partial charge in [0.2, 0.25) is 5.78 Å². The van der Waals surface area contributed by atoms with Gasteiger partial charge in [0, 0.05) is 17.7 Å². The number of carbonyl (C=O) groups is 1. The fourth-order valence-electron chi connectivity index (χ4n) is 0.915. The summed E-state index contributed by atoms with van der Waals surface area (Å²) in [5, 5.41) is 13.4. The molecule has 0 radical (unpaired) electrons. The summed E-state index contributed by atoms with van der Waals surface area (Å²) < 4.78 is 0. The van der Waals surface area contributed by atoms with Crippen molar-refractivity contribution >= 4 is 17.7 Å². The maximum atomic E-state index is 11.2. The maximum Gasteiger partial charge on any atom is 0.270 e. The summed E-state index contributed by atoms with van der Waals surface area (Å²) in [7, 11) is 0. The average molecular weight is 193 g/mol. The van der Waals surface area contributed by atoms with E-state index in [0.29, 0.717) is 0 Å². The van der Waals surface area contributed by atoms with Crippen LogP contribution in [0.5, 0.6) is 0 Å². The Hall–Kier alpha value is -2.24. The molecule has 1 rings (SSSR count). The number of ketones is 1. The molecule has 14 heavy (non-hydrogen) atoms. The number of nitro benzene ring substituents is 1. The number of hydrogen-bond acceptors (Lipinski definition) is 5. The number of rotatable bonds is 3. The van der Waals surface area contributed by atoms with Crippen LogP contribution in [-0.4, -0.2) is 16.9 Å². The topological polar surface area (TPSA) is 98.6 Å². The molecular formula is C8H7N3O3.